The highest BCUT2D eigenvalue weighted by atomic mass is 32.1. The summed E-state index contributed by atoms with van der Waals surface area (Å²) < 4.78 is 27.3. The molecular weight excluding hydrogens is 384 g/mol. The van der Waals surface area contributed by atoms with Crippen LogP contribution in [0.15, 0.2) is 54.0 Å². The third-order valence-corrected chi connectivity index (χ3v) is 4.99. The van der Waals surface area contributed by atoms with Crippen LogP contribution in [0.4, 0.5) is 14.7 Å². The normalized spacial score (nSPS) is 11.2. The predicted octanol–water partition coefficient (Wildman–Crippen LogP) is 4.32. The Morgan fingerprint density at radius 2 is 1.96 bits per heavy atom. The first-order valence-electron chi connectivity index (χ1n) is 8.52. The van der Waals surface area contributed by atoms with Crippen LogP contribution in [0.1, 0.15) is 27.6 Å². The number of carbonyl (C=O) groups excluding carboxylic acids is 1. The number of para-hydroxylation sites is 2. The van der Waals surface area contributed by atoms with Gasteiger partial charge in [0.05, 0.1) is 11.0 Å². The van der Waals surface area contributed by atoms with Crippen molar-refractivity contribution in [3.63, 3.8) is 0 Å². The Morgan fingerprint density at radius 1 is 1.14 bits per heavy atom. The number of aryl methyl sites for hydroxylation is 2. The zero-order valence-electron chi connectivity index (χ0n) is 14.5. The van der Waals surface area contributed by atoms with E-state index in [1.165, 1.54) is 5.38 Å². The van der Waals surface area contributed by atoms with Crippen LogP contribution in [-0.2, 0) is 13.0 Å². The van der Waals surface area contributed by atoms with Gasteiger partial charge in [-0.3, -0.25) is 15.1 Å². The van der Waals surface area contributed by atoms with E-state index in [4.69, 9.17) is 0 Å². The number of carbonyl (C=O) groups is 1. The van der Waals surface area contributed by atoms with Crippen molar-refractivity contribution in [3.05, 3.63) is 70.4 Å². The van der Waals surface area contributed by atoms with Gasteiger partial charge in [-0.25, -0.2) is 18.7 Å². The number of benzene rings is 1. The molecule has 0 fully saturated rings. The number of amides is 1. The van der Waals surface area contributed by atoms with Crippen molar-refractivity contribution in [1.29, 1.82) is 0 Å². The van der Waals surface area contributed by atoms with Crippen LogP contribution in [0.2, 0.25) is 0 Å². The van der Waals surface area contributed by atoms with Crippen LogP contribution >= 0.6 is 11.3 Å². The molecule has 0 bridgehead atoms. The lowest BCUT2D eigenvalue weighted by Gasteiger charge is -2.09. The summed E-state index contributed by atoms with van der Waals surface area (Å²) in [6.45, 7) is 0.548. The Labute approximate surface area is 162 Å². The number of hydrogen-bond acceptors (Lipinski definition) is 5. The number of pyridine rings is 1. The maximum absolute atomic E-state index is 12.7. The quantitative estimate of drug-likeness (QED) is 0.524. The molecule has 0 aliphatic rings. The molecule has 0 spiro atoms. The van der Waals surface area contributed by atoms with E-state index in [1.807, 2.05) is 47.0 Å². The van der Waals surface area contributed by atoms with E-state index < -0.39 is 12.3 Å². The van der Waals surface area contributed by atoms with E-state index >= 15 is 0 Å². The van der Waals surface area contributed by atoms with E-state index in [9.17, 15) is 13.6 Å². The number of nitrogens with one attached hydrogen (secondary N) is 1. The lowest BCUT2D eigenvalue weighted by Crippen LogP contribution is -2.17. The van der Waals surface area contributed by atoms with E-state index in [1.54, 1.807) is 6.20 Å². The van der Waals surface area contributed by atoms with E-state index in [2.05, 4.69) is 20.3 Å². The van der Waals surface area contributed by atoms with Gasteiger partial charge in [-0.15, -0.1) is 11.3 Å². The molecule has 0 unspecified atom stereocenters. The number of rotatable bonds is 6. The Kier molecular flexibility index (Phi) is 5.07. The highest BCUT2D eigenvalue weighted by Gasteiger charge is 2.19. The second-order valence-corrected chi connectivity index (χ2v) is 6.86. The molecule has 0 saturated heterocycles. The van der Waals surface area contributed by atoms with Crippen molar-refractivity contribution in [3.8, 4) is 0 Å². The molecule has 6 nitrogen and oxygen atoms in total. The minimum atomic E-state index is -2.70. The maximum atomic E-state index is 12.7. The van der Waals surface area contributed by atoms with E-state index in [0.29, 0.717) is 18.9 Å². The van der Waals surface area contributed by atoms with Crippen molar-refractivity contribution in [2.75, 3.05) is 5.32 Å². The average Bonchev–Trinajstić information content (AvgIpc) is 3.32. The average molecular weight is 399 g/mol. The number of nitrogens with zero attached hydrogens (tertiary/aromatic N) is 4. The van der Waals surface area contributed by atoms with Crippen molar-refractivity contribution in [2.45, 2.75) is 19.4 Å². The van der Waals surface area contributed by atoms with Gasteiger partial charge < -0.3 is 4.57 Å². The third-order valence-electron chi connectivity index (χ3n) is 4.14. The molecule has 4 rings (SSSR count). The molecule has 1 N–H and O–H groups in total. The number of fused-ring (bicyclic) bond motifs is 1. The van der Waals surface area contributed by atoms with Crippen molar-refractivity contribution in [2.24, 2.45) is 0 Å². The number of halogens is 2. The van der Waals surface area contributed by atoms with Gasteiger partial charge in [-0.2, -0.15) is 0 Å². The summed E-state index contributed by atoms with van der Waals surface area (Å²) in [7, 11) is 0. The third kappa shape index (κ3) is 3.74. The number of aromatic nitrogens is 4. The van der Waals surface area contributed by atoms with Crippen LogP contribution in [0, 0.1) is 0 Å². The fraction of sp³-hybridized carbons (Fsp3) is 0.158. The molecule has 142 valence electrons. The zero-order chi connectivity index (χ0) is 19.5. The molecule has 1 aromatic carbocycles. The molecule has 0 saturated carbocycles. The molecule has 28 heavy (non-hydrogen) atoms. The van der Waals surface area contributed by atoms with Crippen LogP contribution in [0.25, 0.3) is 11.0 Å². The highest BCUT2D eigenvalue weighted by molar-refractivity contribution is 7.09. The second-order valence-electron chi connectivity index (χ2n) is 5.97. The minimum Gasteiger partial charge on any atom is -0.310 e. The molecule has 0 aliphatic heterocycles. The summed E-state index contributed by atoms with van der Waals surface area (Å²) in [5.41, 5.74) is 2.45. The van der Waals surface area contributed by atoms with E-state index in [0.717, 1.165) is 28.1 Å². The van der Waals surface area contributed by atoms with Crippen molar-refractivity contribution in [1.82, 2.24) is 19.5 Å². The molecule has 0 atom stereocenters. The fourth-order valence-electron chi connectivity index (χ4n) is 2.83. The van der Waals surface area contributed by atoms with E-state index in [-0.39, 0.29) is 10.7 Å². The van der Waals surface area contributed by atoms with Gasteiger partial charge in [0.2, 0.25) is 5.95 Å². The standard InChI is InChI=1S/C19H15F2N5OS/c20-16(21)18-23-14(11-28-18)17(27)25-19-24-13-6-1-2-7-15(13)26(19)10-8-12-5-3-4-9-22-12/h1-7,9,11,16H,8,10H2,(H,24,25,27). The summed E-state index contributed by atoms with van der Waals surface area (Å²) >= 11 is 0.756. The minimum absolute atomic E-state index is 0.0522. The lowest BCUT2D eigenvalue weighted by atomic mass is 10.2. The fourth-order valence-corrected chi connectivity index (χ4v) is 3.47. The summed E-state index contributed by atoms with van der Waals surface area (Å²) in [6.07, 6.45) is -0.321. The lowest BCUT2D eigenvalue weighted by molar-refractivity contribution is 0.102. The zero-order valence-corrected chi connectivity index (χ0v) is 15.4. The van der Waals surface area contributed by atoms with Crippen LogP contribution in [0.3, 0.4) is 0 Å². The summed E-state index contributed by atoms with van der Waals surface area (Å²) in [5, 5.41) is 3.63. The molecule has 1 amide bonds. The molecule has 0 aliphatic carbocycles. The Bertz CT molecular complexity index is 1110. The van der Waals surface area contributed by atoms with Gasteiger partial charge in [-0.05, 0) is 24.3 Å². The smallest absolute Gasteiger partial charge is 0.289 e. The maximum Gasteiger partial charge on any atom is 0.289 e. The first-order chi connectivity index (χ1) is 13.6. The summed E-state index contributed by atoms with van der Waals surface area (Å²) in [5.74, 6) is -0.230. The molecule has 3 heterocycles. The van der Waals surface area contributed by atoms with Gasteiger partial charge in [0, 0.05) is 30.2 Å². The van der Waals surface area contributed by atoms with Crippen LogP contribution < -0.4 is 5.32 Å². The Morgan fingerprint density at radius 3 is 2.71 bits per heavy atom. The molecule has 9 heteroatoms. The first kappa shape index (κ1) is 18.2. The monoisotopic (exact) mass is 399 g/mol. The second kappa shape index (κ2) is 7.81. The number of imidazole rings is 1. The summed E-state index contributed by atoms with van der Waals surface area (Å²) in [4.78, 5) is 25.0. The van der Waals surface area contributed by atoms with Gasteiger partial charge in [0.1, 0.15) is 5.69 Å². The highest BCUT2D eigenvalue weighted by Crippen LogP contribution is 2.24. The summed E-state index contributed by atoms with van der Waals surface area (Å²) in [6, 6.07) is 13.2. The number of hydrogen-bond donors (Lipinski definition) is 1. The predicted molar refractivity (Wildman–Crippen MR) is 103 cm³/mol. The topological polar surface area (TPSA) is 72.7 Å². The molecule has 4 aromatic rings. The van der Waals surface area contributed by atoms with Gasteiger partial charge in [0.15, 0.2) is 5.01 Å². The Hall–Kier alpha value is -3.20. The van der Waals surface area contributed by atoms with Crippen molar-refractivity contribution < 1.29 is 13.6 Å². The number of alkyl halides is 2. The Balaban J connectivity index is 1.61. The van der Waals surface area contributed by atoms with Crippen LogP contribution in [0.5, 0.6) is 0 Å². The van der Waals surface area contributed by atoms with Crippen molar-refractivity contribution >= 4 is 34.2 Å². The largest absolute Gasteiger partial charge is 0.310 e. The molecule has 0 radical (unpaired) electrons. The number of anilines is 1. The van der Waals surface area contributed by atoms with Gasteiger partial charge in [-0.1, -0.05) is 18.2 Å². The van der Waals surface area contributed by atoms with Gasteiger partial charge >= 0.3 is 0 Å². The molecular formula is C19H15F2N5OS. The number of thiazole rings is 1. The van der Waals surface area contributed by atoms with Gasteiger partial charge in [0.25, 0.3) is 12.3 Å². The SMILES string of the molecule is O=C(Nc1nc2ccccc2n1CCc1ccccn1)c1csc(C(F)F)n1. The first-order valence-corrected chi connectivity index (χ1v) is 9.40. The molecule has 3 aromatic heterocycles. The van der Waals surface area contributed by atoms with Crippen LogP contribution in [-0.4, -0.2) is 25.4 Å².